The number of quaternary nitrogens is 1. The van der Waals surface area contributed by atoms with E-state index in [-0.39, 0.29) is 0 Å². The van der Waals surface area contributed by atoms with E-state index in [1.807, 2.05) is 0 Å². The Morgan fingerprint density at radius 1 is 0.565 bits per heavy atom. The van der Waals surface area contributed by atoms with Gasteiger partial charge < -0.3 is 9.22 Å². The minimum atomic E-state index is 0.880. The first-order chi connectivity index (χ1) is 11.1. The molecule has 0 heterocycles. The summed E-state index contributed by atoms with van der Waals surface area (Å²) in [6.07, 6.45) is 19.3. The van der Waals surface area contributed by atoms with E-state index >= 15 is 0 Å². The van der Waals surface area contributed by atoms with Crippen molar-refractivity contribution in [1.82, 2.24) is 0 Å². The largest absolute Gasteiger partial charge is 0.332 e. The van der Waals surface area contributed by atoms with E-state index in [0.29, 0.717) is 0 Å². The van der Waals surface area contributed by atoms with E-state index in [1.54, 1.807) is 0 Å². The van der Waals surface area contributed by atoms with Gasteiger partial charge in [-0.25, -0.2) is 0 Å². The first kappa shape index (κ1) is 22.9. The molecule has 0 saturated heterocycles. The Labute approximate surface area is 147 Å². The molecule has 0 amide bonds. The van der Waals surface area contributed by atoms with Crippen LogP contribution in [0.3, 0.4) is 0 Å². The fourth-order valence-corrected chi connectivity index (χ4v) is 3.03. The minimum absolute atomic E-state index is 0.880. The number of ether oxygens (including phenoxy) is 1. The summed E-state index contributed by atoms with van der Waals surface area (Å²) in [6.45, 7) is 7.65. The lowest BCUT2D eigenvalue weighted by Gasteiger charge is -2.29. The van der Waals surface area contributed by atoms with Gasteiger partial charge in [0, 0.05) is 0 Å². The molecular weight excluding hydrogens is 282 g/mol. The van der Waals surface area contributed by atoms with Crippen molar-refractivity contribution in [3.05, 3.63) is 0 Å². The van der Waals surface area contributed by atoms with Gasteiger partial charge in [-0.05, 0) is 19.3 Å². The van der Waals surface area contributed by atoms with Crippen molar-refractivity contribution in [2.75, 3.05) is 34.0 Å². The molecule has 0 aliphatic carbocycles. The Morgan fingerprint density at radius 2 is 1.00 bits per heavy atom. The molecule has 0 aliphatic rings. The van der Waals surface area contributed by atoms with Crippen LogP contribution >= 0.6 is 0 Å². The van der Waals surface area contributed by atoms with Crippen molar-refractivity contribution >= 4 is 0 Å². The van der Waals surface area contributed by atoms with E-state index in [0.717, 1.165) is 17.8 Å². The molecule has 0 atom stereocenters. The third-order valence-electron chi connectivity index (χ3n) is 4.70. The minimum Gasteiger partial charge on any atom is -0.332 e. The van der Waals surface area contributed by atoms with Crippen molar-refractivity contribution in [2.45, 2.75) is 104 Å². The van der Waals surface area contributed by atoms with Crippen molar-refractivity contribution in [3.8, 4) is 0 Å². The van der Waals surface area contributed by atoms with Gasteiger partial charge in [-0.15, -0.1) is 0 Å². The summed E-state index contributed by atoms with van der Waals surface area (Å²) in [5.41, 5.74) is 0. The first-order valence-electron chi connectivity index (χ1n) is 10.5. The summed E-state index contributed by atoms with van der Waals surface area (Å²) in [6, 6.07) is 0. The average molecular weight is 329 g/mol. The zero-order valence-electron chi connectivity index (χ0n) is 16.9. The van der Waals surface area contributed by atoms with Gasteiger partial charge in [-0.3, -0.25) is 0 Å². The molecule has 0 saturated carbocycles. The molecule has 0 aliphatic heterocycles. The maximum Gasteiger partial charge on any atom is 0.182 e. The van der Waals surface area contributed by atoms with Gasteiger partial charge in [-0.2, -0.15) is 0 Å². The van der Waals surface area contributed by atoms with Crippen LogP contribution in [0.4, 0.5) is 0 Å². The van der Waals surface area contributed by atoms with Gasteiger partial charge in [-0.1, -0.05) is 84.5 Å². The molecule has 0 N–H and O–H groups in total. The molecule has 140 valence electrons. The van der Waals surface area contributed by atoms with Crippen molar-refractivity contribution < 1.29 is 9.22 Å². The lowest BCUT2D eigenvalue weighted by molar-refractivity contribution is -0.909. The summed E-state index contributed by atoms with van der Waals surface area (Å²) in [7, 11) is 4.61. The maximum atomic E-state index is 5.91. The van der Waals surface area contributed by atoms with Crippen LogP contribution in [0.5, 0.6) is 0 Å². The Bertz CT molecular complexity index is 228. The molecule has 2 heteroatoms. The zero-order valence-corrected chi connectivity index (χ0v) is 16.9. The molecule has 0 fully saturated rings. The normalized spacial score (nSPS) is 12.0. The van der Waals surface area contributed by atoms with Crippen molar-refractivity contribution in [3.63, 3.8) is 0 Å². The van der Waals surface area contributed by atoms with Gasteiger partial charge in [0.05, 0.1) is 27.2 Å². The highest BCUT2D eigenvalue weighted by Gasteiger charge is 2.13. The molecule has 0 radical (unpaired) electrons. The van der Waals surface area contributed by atoms with E-state index < -0.39 is 0 Å². The van der Waals surface area contributed by atoms with Crippen LogP contribution in [-0.2, 0) is 4.74 Å². The lowest BCUT2D eigenvalue weighted by Crippen LogP contribution is -2.42. The second kappa shape index (κ2) is 16.8. The maximum absolute atomic E-state index is 5.91. The summed E-state index contributed by atoms with van der Waals surface area (Å²) in [5.74, 6) is 0. The van der Waals surface area contributed by atoms with Crippen LogP contribution in [0.2, 0.25) is 0 Å². The highest BCUT2D eigenvalue weighted by molar-refractivity contribution is 4.46. The van der Waals surface area contributed by atoms with Gasteiger partial charge in [0.2, 0.25) is 0 Å². The second-order valence-electron chi connectivity index (χ2n) is 7.94. The number of hydrogen-bond acceptors (Lipinski definition) is 1. The molecule has 23 heavy (non-hydrogen) atoms. The zero-order chi connectivity index (χ0) is 17.2. The summed E-state index contributed by atoms with van der Waals surface area (Å²) in [4.78, 5) is 0. The van der Waals surface area contributed by atoms with E-state index in [2.05, 4.69) is 27.9 Å². The Hall–Kier alpha value is -0.0800. The van der Waals surface area contributed by atoms with Gasteiger partial charge in [0.15, 0.2) is 6.73 Å². The SMILES string of the molecule is CCCCCCCCCCOC[N+](C)(C)CCCCCCCC. The Morgan fingerprint density at radius 3 is 1.52 bits per heavy atom. The molecule has 2 nitrogen and oxygen atoms in total. The molecule has 0 aromatic heterocycles. The smallest absolute Gasteiger partial charge is 0.182 e. The van der Waals surface area contributed by atoms with Crippen LogP contribution in [0.15, 0.2) is 0 Å². The highest BCUT2D eigenvalue weighted by Crippen LogP contribution is 2.10. The summed E-state index contributed by atoms with van der Waals surface area (Å²) < 4.78 is 6.93. The standard InChI is InChI=1S/C21H46NO/c1-5-7-9-11-13-14-16-18-20-23-21-22(3,4)19-17-15-12-10-8-6-2/h5-21H2,1-4H3/q+1. The average Bonchev–Trinajstić information content (AvgIpc) is 2.52. The molecule has 0 aromatic carbocycles. The molecular formula is C21H46NO+. The predicted molar refractivity (Wildman–Crippen MR) is 104 cm³/mol. The van der Waals surface area contributed by atoms with E-state index in [4.69, 9.17) is 4.74 Å². The van der Waals surface area contributed by atoms with Crippen LogP contribution in [-0.4, -0.2) is 38.5 Å². The lowest BCUT2D eigenvalue weighted by atomic mass is 10.1. The van der Waals surface area contributed by atoms with Gasteiger partial charge in [0.25, 0.3) is 0 Å². The Balaban J connectivity index is 3.31. The fraction of sp³-hybridized carbons (Fsp3) is 1.00. The third kappa shape index (κ3) is 18.1. The number of unbranched alkanes of at least 4 members (excludes halogenated alkanes) is 12. The quantitative estimate of drug-likeness (QED) is 0.158. The summed E-state index contributed by atoms with van der Waals surface area (Å²) in [5, 5.41) is 0. The fourth-order valence-electron chi connectivity index (χ4n) is 3.03. The predicted octanol–water partition coefficient (Wildman–Crippen LogP) is 6.54. The second-order valence-corrected chi connectivity index (χ2v) is 7.94. The molecule has 0 bridgehead atoms. The van der Waals surface area contributed by atoms with Crippen molar-refractivity contribution in [1.29, 1.82) is 0 Å². The topological polar surface area (TPSA) is 9.23 Å². The van der Waals surface area contributed by atoms with Crippen LogP contribution in [0, 0.1) is 0 Å². The molecule has 0 aromatic rings. The van der Waals surface area contributed by atoms with E-state index in [1.165, 1.54) is 96.4 Å². The Kier molecular flexibility index (Phi) is 16.7. The summed E-state index contributed by atoms with van der Waals surface area (Å²) >= 11 is 0. The van der Waals surface area contributed by atoms with Crippen LogP contribution in [0.25, 0.3) is 0 Å². The highest BCUT2D eigenvalue weighted by atomic mass is 16.5. The van der Waals surface area contributed by atoms with Gasteiger partial charge >= 0.3 is 0 Å². The monoisotopic (exact) mass is 328 g/mol. The van der Waals surface area contributed by atoms with Crippen LogP contribution in [0.1, 0.15) is 104 Å². The number of nitrogens with zero attached hydrogens (tertiary/aromatic N) is 1. The van der Waals surface area contributed by atoms with E-state index in [9.17, 15) is 0 Å². The third-order valence-corrected chi connectivity index (χ3v) is 4.70. The number of rotatable bonds is 18. The molecule has 0 unspecified atom stereocenters. The van der Waals surface area contributed by atoms with Gasteiger partial charge in [0.1, 0.15) is 0 Å². The van der Waals surface area contributed by atoms with Crippen molar-refractivity contribution in [2.24, 2.45) is 0 Å². The molecule has 0 spiro atoms. The van der Waals surface area contributed by atoms with Crippen LogP contribution < -0.4 is 0 Å². The first-order valence-corrected chi connectivity index (χ1v) is 10.5. The molecule has 0 rings (SSSR count). The number of hydrogen-bond donors (Lipinski definition) is 0.